The first-order valence-electron chi connectivity index (χ1n) is 7.00. The molecule has 0 saturated carbocycles. The van der Waals surface area contributed by atoms with Crippen molar-refractivity contribution in [1.82, 2.24) is 0 Å². The molecule has 2 rings (SSSR count). The number of ether oxygens (including phenoxy) is 2. The Balaban J connectivity index is 2.51. The van der Waals surface area contributed by atoms with Crippen LogP contribution in [-0.2, 0) is 14.3 Å². The van der Waals surface area contributed by atoms with Gasteiger partial charge >= 0.3 is 5.97 Å². The minimum absolute atomic E-state index is 0.848. The Morgan fingerprint density at radius 3 is 1.92 bits per heavy atom. The van der Waals surface area contributed by atoms with Gasteiger partial charge < -0.3 is 55.4 Å². The second-order valence-electron chi connectivity index (χ2n) is 5.82. The topological polar surface area (TPSA) is 218 Å². The molecule has 2 heterocycles. The molecule has 12 heteroatoms. The van der Waals surface area contributed by atoms with Crippen LogP contribution >= 0.6 is 0 Å². The molecule has 0 aliphatic carbocycles. The molecule has 9 atom stereocenters. The molecule has 2 aliphatic rings. The summed E-state index contributed by atoms with van der Waals surface area (Å²) in [7, 11) is 0. The molecule has 0 bridgehead atoms. The molecule has 2 aliphatic heterocycles. The average Bonchev–Trinajstić information content (AvgIpc) is 2.81. The van der Waals surface area contributed by atoms with E-state index < -0.39 is 73.3 Å². The summed E-state index contributed by atoms with van der Waals surface area (Å²) < 4.78 is 9.85. The highest BCUT2D eigenvalue weighted by atomic mass is 16.7. The third kappa shape index (κ3) is 2.43. The summed E-state index contributed by atoms with van der Waals surface area (Å²) in [5, 5.41) is 87.9. The van der Waals surface area contributed by atoms with Gasteiger partial charge in [0.15, 0.2) is 11.7 Å². The summed E-state index contributed by atoms with van der Waals surface area (Å²) in [6.45, 7) is -2.13. The molecule has 0 unspecified atom stereocenters. The minimum Gasteiger partial charge on any atom is -0.479 e. The fraction of sp³-hybridized carbons (Fsp3) is 0.917. The van der Waals surface area contributed by atoms with Gasteiger partial charge in [-0.15, -0.1) is 0 Å². The van der Waals surface area contributed by atoms with Crippen LogP contribution in [0.4, 0.5) is 0 Å². The lowest BCUT2D eigenvalue weighted by molar-refractivity contribution is -0.409. The minimum atomic E-state index is -3.23. The highest BCUT2D eigenvalue weighted by Gasteiger charge is 2.72. The maximum absolute atomic E-state index is 11.1. The highest BCUT2D eigenvalue weighted by Crippen LogP contribution is 2.45. The number of hydrogen-bond donors (Lipinski definition) is 9. The van der Waals surface area contributed by atoms with E-state index in [0.717, 1.165) is 0 Å². The lowest BCUT2D eigenvalue weighted by atomic mass is 9.78. The predicted molar refractivity (Wildman–Crippen MR) is 69.3 cm³/mol. The van der Waals surface area contributed by atoms with Crippen molar-refractivity contribution in [3.63, 3.8) is 0 Å². The molecule has 0 aromatic heterocycles. The summed E-state index contributed by atoms with van der Waals surface area (Å²) >= 11 is 0. The first-order chi connectivity index (χ1) is 11.1. The zero-order valence-electron chi connectivity index (χ0n) is 12.2. The highest BCUT2D eigenvalue weighted by molar-refractivity contribution is 5.73. The molecular formula is C12H20O12. The van der Waals surface area contributed by atoms with Crippen molar-refractivity contribution in [3.8, 4) is 0 Å². The van der Waals surface area contributed by atoms with Gasteiger partial charge in [-0.25, -0.2) is 4.79 Å². The third-order valence-electron chi connectivity index (χ3n) is 4.50. The number of carboxylic acid groups (broad SMARTS) is 1. The van der Waals surface area contributed by atoms with Crippen LogP contribution in [0.3, 0.4) is 0 Å². The molecule has 2 fully saturated rings. The maximum atomic E-state index is 11.1. The number of aliphatic hydroxyl groups excluding tert-OH is 7. The molecule has 9 N–H and O–H groups in total. The summed E-state index contributed by atoms with van der Waals surface area (Å²) in [6.07, 6.45) is -14.5. The molecule has 12 nitrogen and oxygen atoms in total. The summed E-state index contributed by atoms with van der Waals surface area (Å²) in [5.41, 5.74) is -2.70. The molecule has 0 aromatic rings. The van der Waals surface area contributed by atoms with Crippen LogP contribution in [0, 0.1) is 0 Å². The van der Waals surface area contributed by atoms with Gasteiger partial charge in [0.25, 0.3) is 0 Å². The van der Waals surface area contributed by atoms with E-state index in [2.05, 4.69) is 0 Å². The van der Waals surface area contributed by atoms with Crippen LogP contribution in [0.5, 0.6) is 0 Å². The van der Waals surface area contributed by atoms with Crippen LogP contribution in [0.2, 0.25) is 0 Å². The van der Waals surface area contributed by atoms with Gasteiger partial charge in [0, 0.05) is 0 Å². The number of aliphatic hydroxyl groups is 8. The predicted octanol–water partition coefficient (Wildman–Crippen LogP) is -5.91. The van der Waals surface area contributed by atoms with E-state index in [4.69, 9.17) is 19.7 Å². The molecule has 0 radical (unpaired) electrons. The van der Waals surface area contributed by atoms with Crippen molar-refractivity contribution in [2.45, 2.75) is 54.1 Å². The summed E-state index contributed by atoms with van der Waals surface area (Å²) in [4.78, 5) is 11.1. The number of rotatable bonds is 4. The SMILES string of the molecule is O=C(O)[C@H]1O[C@@](O)([C@]2(CO)O[C@H](CO)[C@@H](O)[C@@H]2O)[C@H](O)[C@@H](O)[C@@H]1O. The van der Waals surface area contributed by atoms with Crippen LogP contribution in [-0.4, -0.2) is 119 Å². The Bertz CT molecular complexity index is 487. The zero-order chi connectivity index (χ0) is 18.4. The molecular weight excluding hydrogens is 336 g/mol. The van der Waals surface area contributed by atoms with Crippen LogP contribution in [0.15, 0.2) is 0 Å². The molecule has 0 spiro atoms. The molecule has 140 valence electrons. The Morgan fingerprint density at radius 1 is 0.917 bits per heavy atom. The van der Waals surface area contributed by atoms with Gasteiger partial charge in [0.2, 0.25) is 5.79 Å². The van der Waals surface area contributed by atoms with Crippen LogP contribution in [0.1, 0.15) is 0 Å². The Kier molecular flexibility index (Phi) is 5.19. The zero-order valence-corrected chi connectivity index (χ0v) is 12.2. The normalized spacial score (nSPS) is 52.4. The van der Waals surface area contributed by atoms with Gasteiger partial charge in [-0.3, -0.25) is 0 Å². The third-order valence-corrected chi connectivity index (χ3v) is 4.50. The molecule has 2 saturated heterocycles. The molecule has 0 aromatic carbocycles. The Labute approximate surface area is 134 Å². The van der Waals surface area contributed by atoms with Crippen molar-refractivity contribution in [2.24, 2.45) is 0 Å². The number of hydrogen-bond acceptors (Lipinski definition) is 11. The smallest absolute Gasteiger partial charge is 0.335 e. The fourth-order valence-electron chi connectivity index (χ4n) is 3.05. The van der Waals surface area contributed by atoms with Gasteiger partial charge in [0.1, 0.15) is 36.6 Å². The lowest BCUT2D eigenvalue weighted by Crippen LogP contribution is -2.77. The van der Waals surface area contributed by atoms with Crippen molar-refractivity contribution in [1.29, 1.82) is 0 Å². The van der Waals surface area contributed by atoms with E-state index in [1.807, 2.05) is 0 Å². The van der Waals surface area contributed by atoms with Crippen molar-refractivity contribution < 1.29 is 60.2 Å². The van der Waals surface area contributed by atoms with Crippen molar-refractivity contribution in [3.05, 3.63) is 0 Å². The Morgan fingerprint density at radius 2 is 1.50 bits per heavy atom. The van der Waals surface area contributed by atoms with Crippen LogP contribution < -0.4 is 0 Å². The monoisotopic (exact) mass is 356 g/mol. The van der Waals surface area contributed by atoms with Gasteiger partial charge in [-0.2, -0.15) is 0 Å². The standard InChI is InChI=1S/C12H20O12/c13-1-3-4(15)8(18)11(2-14,23-3)12(22)9(19)6(17)5(16)7(24-12)10(20)21/h3-9,13-19,22H,1-2H2,(H,20,21)/t3-,4-,5+,6+,7+,8+,9-,11-,12-/m1/s1. The Hall–Kier alpha value is -0.930. The van der Waals surface area contributed by atoms with Crippen molar-refractivity contribution >= 4 is 5.97 Å². The van der Waals surface area contributed by atoms with E-state index in [9.17, 15) is 40.5 Å². The maximum Gasteiger partial charge on any atom is 0.335 e. The van der Waals surface area contributed by atoms with Gasteiger partial charge in [-0.1, -0.05) is 0 Å². The largest absolute Gasteiger partial charge is 0.479 e. The second-order valence-corrected chi connectivity index (χ2v) is 5.82. The lowest BCUT2D eigenvalue weighted by Gasteiger charge is -2.52. The number of aliphatic carboxylic acids is 1. The quantitative estimate of drug-likeness (QED) is 0.230. The number of carboxylic acids is 1. The second kappa shape index (κ2) is 6.42. The van der Waals surface area contributed by atoms with E-state index in [1.54, 1.807) is 0 Å². The fourth-order valence-corrected chi connectivity index (χ4v) is 3.05. The summed E-state index contributed by atoms with van der Waals surface area (Å²) in [5.74, 6) is -5.04. The van der Waals surface area contributed by atoms with E-state index in [-0.39, 0.29) is 0 Å². The number of carbonyl (C=O) groups is 1. The van der Waals surface area contributed by atoms with Gasteiger partial charge in [-0.05, 0) is 0 Å². The first kappa shape index (κ1) is 19.4. The van der Waals surface area contributed by atoms with Crippen molar-refractivity contribution in [2.75, 3.05) is 13.2 Å². The van der Waals surface area contributed by atoms with E-state index >= 15 is 0 Å². The molecule has 24 heavy (non-hydrogen) atoms. The summed E-state index contributed by atoms with van der Waals surface area (Å²) in [6, 6.07) is 0. The first-order valence-corrected chi connectivity index (χ1v) is 7.00. The van der Waals surface area contributed by atoms with E-state index in [0.29, 0.717) is 0 Å². The van der Waals surface area contributed by atoms with Crippen LogP contribution in [0.25, 0.3) is 0 Å². The molecule has 0 amide bonds. The van der Waals surface area contributed by atoms with Gasteiger partial charge in [0.05, 0.1) is 13.2 Å². The average molecular weight is 356 g/mol. The van der Waals surface area contributed by atoms with E-state index in [1.165, 1.54) is 0 Å².